The average molecular weight is 460 g/mol. The van der Waals surface area contributed by atoms with Gasteiger partial charge in [-0.3, -0.25) is 14.9 Å². The maximum Gasteiger partial charge on any atom is 0.411 e. The standard InChI is InChI=1S/C26H21FN2O5/c27-23-11-16(9-10-21(23)24(30)29-12-15(13-29)25(31)32)28-26(33)34-14-22-19-7-3-1-5-17(19)18-6-2-4-8-20(18)22/h1-11,15,22H,12-14H2,(H,28,33)(H,31,32). The summed E-state index contributed by atoms with van der Waals surface area (Å²) in [6, 6.07) is 19.7. The highest BCUT2D eigenvalue weighted by atomic mass is 19.1. The molecule has 2 aliphatic rings. The molecule has 0 atom stereocenters. The molecule has 7 nitrogen and oxygen atoms in total. The van der Waals surface area contributed by atoms with Gasteiger partial charge in [-0.25, -0.2) is 9.18 Å². The van der Waals surface area contributed by atoms with Crippen molar-refractivity contribution in [1.82, 2.24) is 4.90 Å². The first-order chi connectivity index (χ1) is 16.4. The number of anilines is 1. The number of carbonyl (C=O) groups is 3. The molecule has 0 spiro atoms. The van der Waals surface area contributed by atoms with Crippen LogP contribution in [0.15, 0.2) is 66.7 Å². The van der Waals surface area contributed by atoms with Gasteiger partial charge in [-0.2, -0.15) is 0 Å². The lowest BCUT2D eigenvalue weighted by Crippen LogP contribution is -2.53. The van der Waals surface area contributed by atoms with E-state index in [0.717, 1.165) is 28.3 Å². The van der Waals surface area contributed by atoms with Crippen LogP contribution >= 0.6 is 0 Å². The zero-order chi connectivity index (χ0) is 23.8. The lowest BCUT2D eigenvalue weighted by Gasteiger charge is -2.36. The molecule has 1 aliphatic heterocycles. The molecule has 2 amide bonds. The lowest BCUT2D eigenvalue weighted by molar-refractivity contribution is -0.146. The SMILES string of the molecule is O=C(Nc1ccc(C(=O)N2CC(C(=O)O)C2)c(F)c1)OCC1c2ccccc2-c2ccccc21. The van der Waals surface area contributed by atoms with Crippen LogP contribution in [0, 0.1) is 11.7 Å². The summed E-state index contributed by atoms with van der Waals surface area (Å²) < 4.78 is 20.0. The average Bonchev–Trinajstić information content (AvgIpc) is 3.10. The Morgan fingerprint density at radius 1 is 0.971 bits per heavy atom. The molecule has 3 aromatic rings. The number of hydrogen-bond donors (Lipinski definition) is 2. The van der Waals surface area contributed by atoms with Gasteiger partial charge in [0.15, 0.2) is 0 Å². The molecule has 3 aromatic carbocycles. The van der Waals surface area contributed by atoms with Crippen LogP contribution in [-0.2, 0) is 9.53 Å². The minimum atomic E-state index is -0.979. The smallest absolute Gasteiger partial charge is 0.411 e. The highest BCUT2D eigenvalue weighted by Gasteiger charge is 2.36. The van der Waals surface area contributed by atoms with Gasteiger partial charge in [0.1, 0.15) is 12.4 Å². The van der Waals surface area contributed by atoms with E-state index in [1.807, 2.05) is 48.5 Å². The van der Waals surface area contributed by atoms with Crippen LogP contribution in [0.1, 0.15) is 27.4 Å². The summed E-state index contributed by atoms with van der Waals surface area (Å²) in [7, 11) is 0. The van der Waals surface area contributed by atoms with E-state index in [-0.39, 0.29) is 36.9 Å². The second-order valence-corrected chi connectivity index (χ2v) is 8.39. The fraction of sp³-hybridized carbons (Fsp3) is 0.192. The number of fused-ring (bicyclic) bond motifs is 3. The third-order valence-corrected chi connectivity index (χ3v) is 6.31. The van der Waals surface area contributed by atoms with Crippen molar-refractivity contribution in [3.63, 3.8) is 0 Å². The Balaban J connectivity index is 1.22. The Hall–Kier alpha value is -4.20. The van der Waals surface area contributed by atoms with Gasteiger partial charge < -0.3 is 14.7 Å². The zero-order valence-electron chi connectivity index (χ0n) is 18.0. The van der Waals surface area contributed by atoms with Crippen LogP contribution in [0.2, 0.25) is 0 Å². The summed E-state index contributed by atoms with van der Waals surface area (Å²) in [5.74, 6) is -3.09. The predicted molar refractivity (Wildman–Crippen MR) is 122 cm³/mol. The van der Waals surface area contributed by atoms with Crippen molar-refractivity contribution in [2.75, 3.05) is 25.0 Å². The van der Waals surface area contributed by atoms with E-state index in [9.17, 15) is 18.8 Å². The van der Waals surface area contributed by atoms with Crippen molar-refractivity contribution in [1.29, 1.82) is 0 Å². The van der Waals surface area contributed by atoms with Crippen LogP contribution in [0.5, 0.6) is 0 Å². The number of carboxylic acids is 1. The summed E-state index contributed by atoms with van der Waals surface area (Å²) >= 11 is 0. The minimum Gasteiger partial charge on any atom is -0.481 e. The van der Waals surface area contributed by atoms with Gasteiger partial charge in [0.05, 0.1) is 11.5 Å². The van der Waals surface area contributed by atoms with Crippen LogP contribution in [0.4, 0.5) is 14.9 Å². The van der Waals surface area contributed by atoms with Crippen molar-refractivity contribution in [2.24, 2.45) is 5.92 Å². The van der Waals surface area contributed by atoms with Crippen molar-refractivity contribution in [3.05, 3.63) is 89.2 Å². The fourth-order valence-corrected chi connectivity index (χ4v) is 4.49. The van der Waals surface area contributed by atoms with Crippen LogP contribution in [0.25, 0.3) is 11.1 Å². The number of carboxylic acid groups (broad SMARTS) is 1. The van der Waals surface area contributed by atoms with E-state index in [4.69, 9.17) is 9.84 Å². The maximum atomic E-state index is 14.5. The fourth-order valence-electron chi connectivity index (χ4n) is 4.49. The molecule has 1 heterocycles. The topological polar surface area (TPSA) is 95.9 Å². The number of benzene rings is 3. The molecule has 172 valence electrons. The summed E-state index contributed by atoms with van der Waals surface area (Å²) in [4.78, 5) is 37.0. The first-order valence-corrected chi connectivity index (χ1v) is 10.9. The van der Waals surface area contributed by atoms with E-state index in [2.05, 4.69) is 5.32 Å². The van der Waals surface area contributed by atoms with Gasteiger partial charge in [0.25, 0.3) is 5.91 Å². The van der Waals surface area contributed by atoms with E-state index in [1.165, 1.54) is 17.0 Å². The Morgan fingerprint density at radius 2 is 1.59 bits per heavy atom. The molecular formula is C26H21FN2O5. The Kier molecular flexibility index (Phi) is 5.49. The third kappa shape index (κ3) is 3.87. The predicted octanol–water partition coefficient (Wildman–Crippen LogP) is 4.34. The van der Waals surface area contributed by atoms with Crippen molar-refractivity contribution in [3.8, 4) is 11.1 Å². The third-order valence-electron chi connectivity index (χ3n) is 6.31. The molecule has 1 fully saturated rings. The van der Waals surface area contributed by atoms with E-state index < -0.39 is 29.7 Å². The molecule has 0 bridgehead atoms. The Labute approximate surface area is 194 Å². The van der Waals surface area contributed by atoms with Gasteiger partial charge in [0, 0.05) is 24.7 Å². The summed E-state index contributed by atoms with van der Waals surface area (Å²) in [5, 5.41) is 11.4. The number of ether oxygens (including phenoxy) is 1. The summed E-state index contributed by atoms with van der Waals surface area (Å²) in [5.41, 5.74) is 4.38. The van der Waals surface area contributed by atoms with Crippen LogP contribution in [-0.4, -0.2) is 47.7 Å². The van der Waals surface area contributed by atoms with E-state index >= 15 is 0 Å². The molecule has 0 radical (unpaired) electrons. The number of halogens is 1. The summed E-state index contributed by atoms with van der Waals surface area (Å²) in [6.45, 7) is 0.222. The highest BCUT2D eigenvalue weighted by molar-refractivity contribution is 5.96. The summed E-state index contributed by atoms with van der Waals surface area (Å²) in [6.07, 6.45) is -0.729. The van der Waals surface area contributed by atoms with Gasteiger partial charge in [-0.1, -0.05) is 48.5 Å². The molecule has 0 saturated carbocycles. The Morgan fingerprint density at radius 3 is 2.18 bits per heavy atom. The first-order valence-electron chi connectivity index (χ1n) is 10.9. The number of carbonyl (C=O) groups excluding carboxylic acids is 2. The van der Waals surface area contributed by atoms with Gasteiger partial charge in [-0.05, 0) is 40.5 Å². The van der Waals surface area contributed by atoms with E-state index in [1.54, 1.807) is 0 Å². The van der Waals surface area contributed by atoms with Crippen molar-refractivity contribution >= 4 is 23.7 Å². The molecular weight excluding hydrogens is 439 g/mol. The first kappa shape index (κ1) is 21.6. The molecule has 34 heavy (non-hydrogen) atoms. The van der Waals surface area contributed by atoms with Crippen LogP contribution in [0.3, 0.4) is 0 Å². The second-order valence-electron chi connectivity index (χ2n) is 8.39. The Bertz CT molecular complexity index is 1260. The molecule has 5 rings (SSSR count). The lowest BCUT2D eigenvalue weighted by atomic mass is 9.98. The number of nitrogens with zero attached hydrogens (tertiary/aromatic N) is 1. The number of rotatable bonds is 5. The monoisotopic (exact) mass is 460 g/mol. The van der Waals surface area contributed by atoms with Gasteiger partial charge in [-0.15, -0.1) is 0 Å². The van der Waals surface area contributed by atoms with Gasteiger partial charge in [0.2, 0.25) is 0 Å². The maximum absolute atomic E-state index is 14.5. The number of aliphatic carboxylic acids is 1. The number of likely N-dealkylation sites (tertiary alicyclic amines) is 1. The van der Waals surface area contributed by atoms with E-state index in [0.29, 0.717) is 0 Å². The molecule has 1 aliphatic carbocycles. The van der Waals surface area contributed by atoms with Crippen molar-refractivity contribution < 1.29 is 28.6 Å². The normalized spacial score (nSPS) is 14.7. The van der Waals surface area contributed by atoms with Crippen molar-refractivity contribution in [2.45, 2.75) is 5.92 Å². The molecule has 0 aromatic heterocycles. The molecule has 2 N–H and O–H groups in total. The van der Waals surface area contributed by atoms with Gasteiger partial charge >= 0.3 is 12.1 Å². The molecule has 1 saturated heterocycles. The largest absolute Gasteiger partial charge is 0.481 e. The second kappa shape index (κ2) is 8.62. The number of amides is 2. The highest BCUT2D eigenvalue weighted by Crippen LogP contribution is 2.44. The number of hydrogen-bond acceptors (Lipinski definition) is 4. The zero-order valence-corrected chi connectivity index (χ0v) is 18.0. The molecule has 8 heteroatoms. The molecule has 0 unspecified atom stereocenters. The minimum absolute atomic E-state index is 0.0490. The quantitative estimate of drug-likeness (QED) is 0.591. The number of nitrogens with one attached hydrogen (secondary N) is 1. The van der Waals surface area contributed by atoms with Crippen LogP contribution < -0.4 is 5.32 Å².